The smallest absolute Gasteiger partial charge is 0.475 e. The fourth-order valence-corrected chi connectivity index (χ4v) is 4.14. The molecule has 0 saturated heterocycles. The molecule has 0 fully saturated rings. The summed E-state index contributed by atoms with van der Waals surface area (Å²) in [6, 6.07) is 1.74. The van der Waals surface area contributed by atoms with Gasteiger partial charge in [0.2, 0.25) is 18.8 Å². The molecule has 2 rings (SSSR count). The summed E-state index contributed by atoms with van der Waals surface area (Å²) in [5.74, 6) is -5.78. The maximum Gasteiger partial charge on any atom is 0.490 e. The predicted molar refractivity (Wildman–Crippen MR) is 151 cm³/mol. The number of carbonyl (C=O) groups is 4. The summed E-state index contributed by atoms with van der Waals surface area (Å²) in [5, 5.41) is 9.82. The lowest BCUT2D eigenvalue weighted by Crippen LogP contribution is -2.42. The van der Waals surface area contributed by atoms with E-state index in [0.717, 1.165) is 6.08 Å². The molecule has 1 amide bonds. The van der Waals surface area contributed by atoms with Crippen LogP contribution in [0.4, 0.5) is 26.3 Å². The van der Waals surface area contributed by atoms with Gasteiger partial charge in [-0.15, -0.1) is 0 Å². The van der Waals surface area contributed by atoms with Crippen molar-refractivity contribution < 1.29 is 64.8 Å². The number of nitrogens with zero attached hydrogens (tertiary/aromatic N) is 1. The Morgan fingerprint density at radius 2 is 1.65 bits per heavy atom. The Morgan fingerprint density at radius 3 is 2.13 bits per heavy atom. The van der Waals surface area contributed by atoms with Gasteiger partial charge in [0.15, 0.2) is 5.96 Å². The Hall–Kier alpha value is -4.22. The van der Waals surface area contributed by atoms with Crippen molar-refractivity contribution in [3.8, 4) is 5.75 Å². The van der Waals surface area contributed by atoms with Gasteiger partial charge in [-0.3, -0.25) is 9.79 Å². The van der Waals surface area contributed by atoms with Gasteiger partial charge >= 0.3 is 30.3 Å². The third kappa shape index (κ3) is 13.0. The first-order chi connectivity index (χ1) is 20.9. The van der Waals surface area contributed by atoms with Crippen LogP contribution in [-0.4, -0.2) is 72.7 Å². The number of hydrogen-bond donors (Lipinski definition) is 4. The summed E-state index contributed by atoms with van der Waals surface area (Å²) in [4.78, 5) is 49.2. The third-order valence-electron chi connectivity index (χ3n) is 5.77. The van der Waals surface area contributed by atoms with Gasteiger partial charge in [0, 0.05) is 24.1 Å². The topological polar surface area (TPSA) is 193 Å². The van der Waals surface area contributed by atoms with Crippen LogP contribution in [0.1, 0.15) is 58.1 Å². The number of guanidine groups is 1. The Labute approximate surface area is 264 Å². The highest BCUT2D eigenvalue weighted by atomic mass is 35.5. The number of nitrogens with one attached hydrogen (secondary N) is 1. The van der Waals surface area contributed by atoms with Gasteiger partial charge in [0.25, 0.3) is 0 Å². The number of rotatable bonds is 10. The molecule has 46 heavy (non-hydrogen) atoms. The van der Waals surface area contributed by atoms with Gasteiger partial charge in [0.05, 0.1) is 5.57 Å². The van der Waals surface area contributed by atoms with Gasteiger partial charge < -0.3 is 36.1 Å². The average molecular weight is 691 g/mol. The van der Waals surface area contributed by atoms with Crippen LogP contribution in [0.2, 0.25) is 5.02 Å². The molecule has 1 aromatic rings. The van der Waals surface area contributed by atoms with E-state index in [4.69, 9.17) is 47.2 Å². The predicted octanol–water partition coefficient (Wildman–Crippen LogP) is 3.97. The van der Waals surface area contributed by atoms with Gasteiger partial charge in [-0.25, -0.2) is 14.4 Å². The van der Waals surface area contributed by atoms with Crippen LogP contribution in [0.25, 0.3) is 6.08 Å². The molecule has 19 heteroatoms. The Bertz CT molecular complexity index is 1340. The zero-order valence-corrected chi connectivity index (χ0v) is 25.7. The fraction of sp³-hybridized carbons (Fsp3) is 0.519. The lowest BCUT2D eigenvalue weighted by molar-refractivity contribution is -0.192. The number of amides is 1. The van der Waals surface area contributed by atoms with Crippen LogP contribution in [-0.2, 0) is 34.1 Å². The second-order valence-corrected chi connectivity index (χ2v) is 11.0. The summed E-state index contributed by atoms with van der Waals surface area (Å²) < 4.78 is 88.0. The molecule has 0 aromatic heterocycles. The number of aliphatic imine (C=N–C) groups is 1. The van der Waals surface area contributed by atoms with E-state index in [1.165, 1.54) is 19.1 Å². The number of carbonyl (C=O) groups excluding carboxylic acids is 3. The molecule has 1 unspecified atom stereocenters. The number of carboxylic acid groups (broad SMARTS) is 1. The van der Waals surface area contributed by atoms with Crippen LogP contribution in [0.5, 0.6) is 5.75 Å². The number of alkyl halides is 6. The Kier molecular flexibility index (Phi) is 14.2. The highest BCUT2D eigenvalue weighted by Gasteiger charge is 2.49. The van der Waals surface area contributed by atoms with Gasteiger partial charge in [-0.2, -0.15) is 26.3 Å². The van der Waals surface area contributed by atoms with E-state index >= 15 is 0 Å². The summed E-state index contributed by atoms with van der Waals surface area (Å²) in [5.41, 5.74) is 9.89. The second kappa shape index (κ2) is 16.4. The molecule has 0 saturated carbocycles. The van der Waals surface area contributed by atoms with Crippen molar-refractivity contribution >= 4 is 47.5 Å². The lowest BCUT2D eigenvalue weighted by atomic mass is 9.85. The molecule has 2 atom stereocenters. The zero-order chi connectivity index (χ0) is 35.6. The summed E-state index contributed by atoms with van der Waals surface area (Å²) in [7, 11) is 0. The van der Waals surface area contributed by atoms with E-state index in [9.17, 15) is 40.7 Å². The fourth-order valence-electron chi connectivity index (χ4n) is 3.69. The average Bonchev–Trinajstić information content (AvgIpc) is 2.89. The van der Waals surface area contributed by atoms with Crippen molar-refractivity contribution in [3.63, 3.8) is 0 Å². The molecule has 1 aromatic carbocycles. The number of ether oxygens (including phenoxy) is 3. The standard InChI is InChI=1S/C25H32ClF3N4O6.C2HF3O2/c1-13(34)33-18(7-5-6-8-32-23(30)31)22(36)38-12-37-21(35)15-9-14-10-17(26)16(24(2,3)4)11-19(14)39-20(15)25(27,28)29;3-2(4,5)1(6)7/h9-11,18,20H,5-8,12H2,1-4H3,(H,33,34)(H4,30,31,32);(H,6,7)/t18-,20?;/m0./s1. The van der Waals surface area contributed by atoms with Crippen molar-refractivity contribution in [3.05, 3.63) is 33.9 Å². The summed E-state index contributed by atoms with van der Waals surface area (Å²) in [6.45, 7) is 6.04. The minimum atomic E-state index is -5.08. The van der Waals surface area contributed by atoms with E-state index in [1.54, 1.807) is 0 Å². The number of hydrogen-bond acceptors (Lipinski definition) is 8. The number of nitrogens with two attached hydrogens (primary N) is 2. The number of unbranched alkanes of at least 4 members (excludes halogenated alkanes) is 1. The lowest BCUT2D eigenvalue weighted by Gasteiger charge is -2.30. The number of fused-ring (bicyclic) bond motifs is 1. The Balaban J connectivity index is 0.00000135. The quantitative estimate of drug-likeness (QED) is 0.0697. The van der Waals surface area contributed by atoms with Crippen molar-refractivity contribution in [2.75, 3.05) is 13.3 Å². The molecule has 0 bridgehead atoms. The molecular formula is C27H33ClF6N4O8. The van der Waals surface area contributed by atoms with Crippen LogP contribution in [0.15, 0.2) is 22.7 Å². The first-order valence-electron chi connectivity index (χ1n) is 13.2. The minimum absolute atomic E-state index is 0.0814. The molecular weight excluding hydrogens is 658 g/mol. The van der Waals surface area contributed by atoms with E-state index < -0.39 is 66.1 Å². The normalized spacial score (nSPS) is 15.0. The SMILES string of the molecule is CC(=O)N[C@@H](CCCCN=C(N)N)C(=O)OCOC(=O)C1=Cc2cc(Cl)c(C(C)(C)C)cc2OC1C(F)(F)F.O=C(O)C(F)(F)F. The van der Waals surface area contributed by atoms with E-state index in [-0.39, 0.29) is 28.7 Å². The maximum absolute atomic E-state index is 13.8. The van der Waals surface area contributed by atoms with Crippen LogP contribution < -0.4 is 21.5 Å². The monoisotopic (exact) mass is 690 g/mol. The zero-order valence-electron chi connectivity index (χ0n) is 25.0. The van der Waals surface area contributed by atoms with Gasteiger partial charge in [-0.1, -0.05) is 32.4 Å². The Morgan fingerprint density at radius 1 is 1.07 bits per heavy atom. The minimum Gasteiger partial charge on any atom is -0.475 e. The summed E-state index contributed by atoms with van der Waals surface area (Å²) >= 11 is 6.32. The van der Waals surface area contributed by atoms with Crippen LogP contribution >= 0.6 is 11.6 Å². The van der Waals surface area contributed by atoms with Crippen molar-refractivity contribution in [2.45, 2.75) is 76.9 Å². The van der Waals surface area contributed by atoms with Crippen LogP contribution in [0, 0.1) is 0 Å². The van der Waals surface area contributed by atoms with E-state index in [2.05, 4.69) is 10.3 Å². The molecule has 1 aliphatic heterocycles. The number of aliphatic carboxylic acids is 1. The second-order valence-electron chi connectivity index (χ2n) is 10.6. The maximum atomic E-state index is 13.8. The molecule has 0 spiro atoms. The largest absolute Gasteiger partial charge is 0.490 e. The van der Waals surface area contributed by atoms with Gasteiger partial charge in [0.1, 0.15) is 11.8 Å². The first kappa shape index (κ1) is 39.8. The highest BCUT2D eigenvalue weighted by molar-refractivity contribution is 6.31. The highest BCUT2D eigenvalue weighted by Crippen LogP contribution is 2.42. The molecule has 0 radical (unpaired) electrons. The van der Waals surface area contributed by atoms with E-state index in [1.807, 2.05) is 20.8 Å². The number of esters is 2. The van der Waals surface area contributed by atoms with E-state index in [0.29, 0.717) is 24.9 Å². The third-order valence-corrected chi connectivity index (χ3v) is 6.08. The molecule has 1 aliphatic rings. The molecule has 0 aliphatic carbocycles. The first-order valence-corrected chi connectivity index (χ1v) is 13.6. The van der Waals surface area contributed by atoms with Crippen molar-refractivity contribution in [1.82, 2.24) is 5.32 Å². The number of carboxylic acids is 1. The molecule has 1 heterocycles. The van der Waals surface area contributed by atoms with Gasteiger partial charge in [-0.05, 0) is 48.4 Å². The van der Waals surface area contributed by atoms with Crippen molar-refractivity contribution in [2.24, 2.45) is 16.5 Å². The molecule has 258 valence electrons. The number of halogens is 7. The molecule has 12 nitrogen and oxygen atoms in total. The van der Waals surface area contributed by atoms with Crippen molar-refractivity contribution in [1.29, 1.82) is 0 Å². The summed E-state index contributed by atoms with van der Waals surface area (Å²) in [6.07, 6.45) is -10.6. The van der Waals surface area contributed by atoms with Crippen LogP contribution in [0.3, 0.4) is 0 Å². The number of benzene rings is 1. The molecule has 6 N–H and O–H groups in total.